The fourth-order valence-electron chi connectivity index (χ4n) is 1.59. The lowest BCUT2D eigenvalue weighted by Gasteiger charge is -2.06. The fraction of sp³-hybridized carbons (Fsp3) is 0.500. The van der Waals surface area contributed by atoms with Gasteiger partial charge in [-0.15, -0.1) is 0 Å². The fourth-order valence-corrected chi connectivity index (χ4v) is 1.59. The molecule has 0 heterocycles. The Bertz CT molecular complexity index is 345. The molecule has 0 aliphatic heterocycles. The van der Waals surface area contributed by atoms with Crippen molar-refractivity contribution in [1.82, 2.24) is 0 Å². The van der Waals surface area contributed by atoms with Crippen molar-refractivity contribution < 1.29 is 19.4 Å². The predicted octanol–water partition coefficient (Wildman–Crippen LogP) is 1.94. The lowest BCUT2D eigenvalue weighted by molar-refractivity contribution is -0.143. The maximum Gasteiger partial charge on any atom is 0.305 e. The second-order valence-electron chi connectivity index (χ2n) is 3.87. The molecule has 0 aliphatic carbocycles. The Kier molecular flexibility index (Phi) is 6.87. The van der Waals surface area contributed by atoms with Crippen molar-refractivity contribution in [2.75, 3.05) is 19.8 Å². The third-order valence-corrected chi connectivity index (χ3v) is 2.44. The Balaban J connectivity index is 2.28. The number of carbonyl (C=O) groups excluding carboxylic acids is 1. The van der Waals surface area contributed by atoms with Crippen LogP contribution >= 0.6 is 0 Å². The molecule has 0 saturated heterocycles. The maximum absolute atomic E-state index is 11.1. The lowest BCUT2D eigenvalue weighted by Crippen LogP contribution is -2.04. The summed E-state index contributed by atoms with van der Waals surface area (Å²) in [5, 5.41) is 8.63. The summed E-state index contributed by atoms with van der Waals surface area (Å²) in [5.41, 5.74) is 1.16. The van der Waals surface area contributed by atoms with Gasteiger partial charge in [0.2, 0.25) is 0 Å². The van der Waals surface area contributed by atoms with Crippen LogP contribution in [0, 0.1) is 0 Å². The van der Waals surface area contributed by atoms with Crippen molar-refractivity contribution in [2.24, 2.45) is 0 Å². The van der Waals surface area contributed by atoms with Gasteiger partial charge in [0.15, 0.2) is 0 Å². The van der Waals surface area contributed by atoms with Gasteiger partial charge in [0, 0.05) is 6.42 Å². The molecule has 0 bridgehead atoms. The highest BCUT2D eigenvalue weighted by Crippen LogP contribution is 2.13. The van der Waals surface area contributed by atoms with Gasteiger partial charge in [-0.3, -0.25) is 4.79 Å². The van der Waals surface area contributed by atoms with E-state index in [1.165, 1.54) is 0 Å². The first-order chi connectivity index (χ1) is 8.76. The van der Waals surface area contributed by atoms with E-state index in [-0.39, 0.29) is 12.6 Å². The average Bonchev–Trinajstić information content (AvgIpc) is 2.38. The molecule has 0 atom stereocenters. The van der Waals surface area contributed by atoms with Crippen molar-refractivity contribution in [3.8, 4) is 5.75 Å². The SMILES string of the molecule is CCOC(=O)CCCc1ccc(OCCO)cc1. The van der Waals surface area contributed by atoms with Crippen LogP contribution in [0.1, 0.15) is 25.3 Å². The molecule has 1 aromatic rings. The average molecular weight is 252 g/mol. The minimum Gasteiger partial charge on any atom is -0.491 e. The second kappa shape index (κ2) is 8.53. The minimum atomic E-state index is -0.139. The monoisotopic (exact) mass is 252 g/mol. The zero-order valence-electron chi connectivity index (χ0n) is 10.7. The number of hydrogen-bond donors (Lipinski definition) is 1. The van der Waals surface area contributed by atoms with Crippen LogP contribution < -0.4 is 4.74 Å². The molecule has 18 heavy (non-hydrogen) atoms. The summed E-state index contributed by atoms with van der Waals surface area (Å²) in [5.74, 6) is 0.610. The van der Waals surface area contributed by atoms with Crippen molar-refractivity contribution in [3.63, 3.8) is 0 Å². The number of hydrogen-bond acceptors (Lipinski definition) is 4. The Morgan fingerprint density at radius 3 is 2.61 bits per heavy atom. The van der Waals surface area contributed by atoms with Crippen molar-refractivity contribution >= 4 is 5.97 Å². The van der Waals surface area contributed by atoms with Crippen molar-refractivity contribution in [2.45, 2.75) is 26.2 Å². The number of aryl methyl sites for hydroxylation is 1. The standard InChI is InChI=1S/C14H20O4/c1-2-17-14(16)5-3-4-12-6-8-13(9-7-12)18-11-10-15/h6-9,15H,2-5,10-11H2,1H3. The summed E-state index contributed by atoms with van der Waals surface area (Å²) in [4.78, 5) is 11.1. The highest BCUT2D eigenvalue weighted by molar-refractivity contribution is 5.69. The van der Waals surface area contributed by atoms with Crippen molar-refractivity contribution in [1.29, 1.82) is 0 Å². The number of aliphatic hydroxyl groups is 1. The molecule has 0 spiro atoms. The van der Waals surface area contributed by atoms with Gasteiger partial charge in [-0.2, -0.15) is 0 Å². The largest absolute Gasteiger partial charge is 0.491 e. The third kappa shape index (κ3) is 5.68. The van der Waals surface area contributed by atoms with Gasteiger partial charge in [-0.25, -0.2) is 0 Å². The first-order valence-corrected chi connectivity index (χ1v) is 6.24. The quantitative estimate of drug-likeness (QED) is 0.718. The zero-order valence-corrected chi connectivity index (χ0v) is 10.7. The number of aliphatic hydroxyl groups excluding tert-OH is 1. The molecule has 1 N–H and O–H groups in total. The van der Waals surface area contributed by atoms with E-state index in [2.05, 4.69) is 0 Å². The molecule has 0 radical (unpaired) electrons. The molecule has 0 aromatic heterocycles. The molecule has 4 heteroatoms. The number of carbonyl (C=O) groups is 1. The summed E-state index contributed by atoms with van der Waals surface area (Å²) < 4.78 is 10.1. The van der Waals surface area contributed by atoms with E-state index in [1.807, 2.05) is 31.2 Å². The summed E-state index contributed by atoms with van der Waals surface area (Å²) >= 11 is 0. The summed E-state index contributed by atoms with van der Waals surface area (Å²) in [6.07, 6.45) is 2.09. The molecule has 1 aromatic carbocycles. The minimum absolute atomic E-state index is 0.0152. The smallest absolute Gasteiger partial charge is 0.305 e. The predicted molar refractivity (Wildman–Crippen MR) is 68.6 cm³/mol. The van der Waals surface area contributed by atoms with Gasteiger partial charge < -0.3 is 14.6 Å². The Morgan fingerprint density at radius 1 is 1.28 bits per heavy atom. The van der Waals surface area contributed by atoms with Crippen LogP contribution in [0.5, 0.6) is 5.75 Å². The van der Waals surface area contributed by atoms with Crippen LogP contribution in [0.15, 0.2) is 24.3 Å². The first kappa shape index (κ1) is 14.5. The van der Waals surface area contributed by atoms with E-state index in [0.29, 0.717) is 19.6 Å². The van der Waals surface area contributed by atoms with Crippen LogP contribution in [0.2, 0.25) is 0 Å². The topological polar surface area (TPSA) is 55.8 Å². The molecule has 4 nitrogen and oxygen atoms in total. The van der Waals surface area contributed by atoms with Crippen LogP contribution in [-0.4, -0.2) is 30.9 Å². The van der Waals surface area contributed by atoms with Gasteiger partial charge in [-0.1, -0.05) is 12.1 Å². The van der Waals surface area contributed by atoms with E-state index in [1.54, 1.807) is 0 Å². The highest BCUT2D eigenvalue weighted by atomic mass is 16.5. The molecule has 1 rings (SSSR count). The third-order valence-electron chi connectivity index (χ3n) is 2.44. The van der Waals surface area contributed by atoms with Crippen LogP contribution in [-0.2, 0) is 16.0 Å². The van der Waals surface area contributed by atoms with E-state index in [4.69, 9.17) is 14.6 Å². The summed E-state index contributed by atoms with van der Waals surface area (Å²) in [6, 6.07) is 7.68. The van der Waals surface area contributed by atoms with Gasteiger partial charge in [0.1, 0.15) is 12.4 Å². The van der Waals surface area contributed by atoms with Crippen LogP contribution in [0.25, 0.3) is 0 Å². The number of rotatable bonds is 8. The van der Waals surface area contributed by atoms with Gasteiger partial charge >= 0.3 is 5.97 Å². The molecule has 100 valence electrons. The zero-order chi connectivity index (χ0) is 13.2. The van der Waals surface area contributed by atoms with E-state index < -0.39 is 0 Å². The van der Waals surface area contributed by atoms with E-state index in [0.717, 1.165) is 24.2 Å². The van der Waals surface area contributed by atoms with Gasteiger partial charge in [0.25, 0.3) is 0 Å². The normalized spacial score (nSPS) is 10.1. The lowest BCUT2D eigenvalue weighted by atomic mass is 10.1. The molecule has 0 fully saturated rings. The number of ether oxygens (including phenoxy) is 2. The Labute approximate surface area is 108 Å². The summed E-state index contributed by atoms with van der Waals surface area (Å²) in [6.45, 7) is 2.57. The number of benzene rings is 1. The molecular weight excluding hydrogens is 232 g/mol. The molecule has 0 amide bonds. The van der Waals surface area contributed by atoms with Crippen LogP contribution in [0.3, 0.4) is 0 Å². The molecule has 0 aliphatic rings. The van der Waals surface area contributed by atoms with E-state index in [9.17, 15) is 4.79 Å². The summed E-state index contributed by atoms with van der Waals surface area (Å²) in [7, 11) is 0. The van der Waals surface area contributed by atoms with Crippen molar-refractivity contribution in [3.05, 3.63) is 29.8 Å². The molecule has 0 saturated carbocycles. The van der Waals surface area contributed by atoms with Crippen LogP contribution in [0.4, 0.5) is 0 Å². The maximum atomic E-state index is 11.1. The van der Waals surface area contributed by atoms with Gasteiger partial charge in [0.05, 0.1) is 13.2 Å². The highest BCUT2D eigenvalue weighted by Gasteiger charge is 2.02. The molecule has 0 unspecified atom stereocenters. The second-order valence-corrected chi connectivity index (χ2v) is 3.87. The Morgan fingerprint density at radius 2 is 2.00 bits per heavy atom. The molecular formula is C14H20O4. The van der Waals surface area contributed by atoms with E-state index >= 15 is 0 Å². The Hall–Kier alpha value is -1.55. The first-order valence-electron chi connectivity index (χ1n) is 6.24. The number of esters is 1. The van der Waals surface area contributed by atoms with Gasteiger partial charge in [-0.05, 0) is 37.5 Å².